The number of benzene rings is 1. The third kappa shape index (κ3) is 2.76. The topological polar surface area (TPSA) is 48.5 Å². The predicted octanol–water partition coefficient (Wildman–Crippen LogP) is 2.33. The van der Waals surface area contributed by atoms with Crippen molar-refractivity contribution < 1.29 is 4.39 Å². The fourth-order valence-electron chi connectivity index (χ4n) is 2.42. The highest BCUT2D eigenvalue weighted by Crippen LogP contribution is 2.19. The molecule has 0 fully saturated rings. The summed E-state index contributed by atoms with van der Waals surface area (Å²) < 4.78 is 17.4. The van der Waals surface area contributed by atoms with E-state index in [0.29, 0.717) is 25.3 Å². The first-order valence-corrected chi connectivity index (χ1v) is 7.26. The molecule has 21 heavy (non-hydrogen) atoms. The number of nitrogens with zero attached hydrogens (tertiary/aromatic N) is 5. The zero-order valence-corrected chi connectivity index (χ0v) is 12.4. The third-order valence-corrected chi connectivity index (χ3v) is 3.66. The van der Waals surface area contributed by atoms with E-state index in [1.165, 1.54) is 12.1 Å². The van der Waals surface area contributed by atoms with Gasteiger partial charge in [-0.05, 0) is 18.2 Å². The highest BCUT2D eigenvalue weighted by molar-refractivity contribution is 6.17. The van der Waals surface area contributed by atoms with Crippen molar-refractivity contribution >= 4 is 22.6 Å². The van der Waals surface area contributed by atoms with Crippen molar-refractivity contribution in [1.29, 1.82) is 0 Å². The predicted molar refractivity (Wildman–Crippen MR) is 78.8 cm³/mol. The van der Waals surface area contributed by atoms with E-state index in [-0.39, 0.29) is 5.82 Å². The van der Waals surface area contributed by atoms with Crippen LogP contribution in [0.2, 0.25) is 0 Å². The Morgan fingerprint density at radius 1 is 1.24 bits per heavy atom. The number of aryl methyl sites for hydroxylation is 4. The van der Waals surface area contributed by atoms with Crippen molar-refractivity contribution in [3.63, 3.8) is 0 Å². The van der Waals surface area contributed by atoms with Gasteiger partial charge in [0.15, 0.2) is 0 Å². The average Bonchev–Trinajstić information content (AvgIpc) is 3.01. The van der Waals surface area contributed by atoms with E-state index in [0.717, 1.165) is 22.7 Å². The van der Waals surface area contributed by atoms with Crippen molar-refractivity contribution in [2.45, 2.75) is 19.4 Å². The Balaban J connectivity index is 1.96. The lowest BCUT2D eigenvalue weighted by Gasteiger charge is -2.08. The fraction of sp³-hybridized carbons (Fsp3) is 0.357. The van der Waals surface area contributed by atoms with Crippen LogP contribution in [-0.2, 0) is 26.4 Å². The molecule has 0 bridgehead atoms. The van der Waals surface area contributed by atoms with Gasteiger partial charge in [-0.3, -0.25) is 0 Å². The van der Waals surface area contributed by atoms with E-state index in [4.69, 9.17) is 11.6 Å². The Morgan fingerprint density at radius 2 is 2.10 bits per heavy atom. The normalized spacial score (nSPS) is 11.4. The van der Waals surface area contributed by atoms with E-state index < -0.39 is 0 Å². The highest BCUT2D eigenvalue weighted by atomic mass is 35.5. The van der Waals surface area contributed by atoms with Crippen molar-refractivity contribution in [2.24, 2.45) is 7.05 Å². The molecule has 7 heteroatoms. The van der Waals surface area contributed by atoms with Crippen LogP contribution in [0.4, 0.5) is 4.39 Å². The molecule has 0 radical (unpaired) electrons. The Labute approximate surface area is 126 Å². The number of halogens is 2. The molecular formula is C14H15ClFN5. The number of rotatable bonds is 5. The highest BCUT2D eigenvalue weighted by Gasteiger charge is 2.12. The molecule has 0 N–H and O–H groups in total. The molecule has 2 heterocycles. The first-order chi connectivity index (χ1) is 10.2. The minimum Gasteiger partial charge on any atom is -0.327 e. The molecule has 5 nitrogen and oxygen atoms in total. The fourth-order valence-corrected chi connectivity index (χ4v) is 2.58. The monoisotopic (exact) mass is 307 g/mol. The van der Waals surface area contributed by atoms with Gasteiger partial charge in [0.05, 0.1) is 11.0 Å². The van der Waals surface area contributed by atoms with Crippen LogP contribution >= 0.6 is 11.6 Å². The molecule has 3 aromatic rings. The second-order valence-electron chi connectivity index (χ2n) is 4.86. The van der Waals surface area contributed by atoms with E-state index in [1.807, 2.05) is 16.2 Å². The quantitative estimate of drug-likeness (QED) is 0.680. The molecule has 0 amide bonds. The summed E-state index contributed by atoms with van der Waals surface area (Å²) in [6.07, 6.45) is 3.02. The lowest BCUT2D eigenvalue weighted by atomic mass is 10.3. The van der Waals surface area contributed by atoms with E-state index in [9.17, 15) is 4.39 Å². The SMILES string of the molecule is Cn1cnnc1CCn1c(CCCl)nc2ccc(F)cc21. The minimum absolute atomic E-state index is 0.264. The molecule has 0 spiro atoms. The van der Waals surface area contributed by atoms with Gasteiger partial charge in [0, 0.05) is 32.3 Å². The van der Waals surface area contributed by atoms with Gasteiger partial charge in [-0.25, -0.2) is 9.37 Å². The number of alkyl halides is 1. The number of imidazole rings is 1. The van der Waals surface area contributed by atoms with Crippen molar-refractivity contribution in [2.75, 3.05) is 5.88 Å². The summed E-state index contributed by atoms with van der Waals surface area (Å²) >= 11 is 5.84. The molecule has 110 valence electrons. The maximum absolute atomic E-state index is 13.5. The second kappa shape index (κ2) is 5.81. The van der Waals surface area contributed by atoms with Gasteiger partial charge in [-0.1, -0.05) is 0 Å². The first kappa shape index (κ1) is 14.0. The van der Waals surface area contributed by atoms with Crippen LogP contribution in [0.15, 0.2) is 24.5 Å². The maximum atomic E-state index is 13.5. The third-order valence-electron chi connectivity index (χ3n) is 3.47. The van der Waals surface area contributed by atoms with Crippen molar-refractivity contribution in [3.05, 3.63) is 42.0 Å². The summed E-state index contributed by atoms with van der Waals surface area (Å²) in [6.45, 7) is 0.665. The van der Waals surface area contributed by atoms with Crippen molar-refractivity contribution in [3.8, 4) is 0 Å². The molecule has 0 saturated carbocycles. The minimum atomic E-state index is -0.264. The zero-order chi connectivity index (χ0) is 14.8. The van der Waals surface area contributed by atoms with Crippen LogP contribution in [0, 0.1) is 5.82 Å². The standard InChI is InChI=1S/C14H15ClFN5/c1-20-9-17-19-14(20)5-7-21-12-8-10(16)2-3-11(12)18-13(21)4-6-15/h2-3,8-9H,4-7H2,1H3. The summed E-state index contributed by atoms with van der Waals surface area (Å²) in [5.74, 6) is 1.97. The molecule has 0 aliphatic rings. The van der Waals surface area contributed by atoms with E-state index in [1.54, 1.807) is 12.4 Å². The first-order valence-electron chi connectivity index (χ1n) is 6.72. The van der Waals surface area contributed by atoms with Gasteiger partial charge in [0.2, 0.25) is 0 Å². The Bertz CT molecular complexity index is 764. The van der Waals surface area contributed by atoms with Gasteiger partial charge in [-0.2, -0.15) is 0 Å². The zero-order valence-electron chi connectivity index (χ0n) is 11.6. The molecular weight excluding hydrogens is 293 g/mol. The van der Waals surface area contributed by atoms with E-state index >= 15 is 0 Å². The Kier molecular flexibility index (Phi) is 3.88. The van der Waals surface area contributed by atoms with Crippen LogP contribution in [-0.4, -0.2) is 30.2 Å². The molecule has 1 aromatic carbocycles. The number of hydrogen-bond donors (Lipinski definition) is 0. The van der Waals surface area contributed by atoms with Crippen LogP contribution in [0.5, 0.6) is 0 Å². The molecule has 3 rings (SSSR count). The van der Waals surface area contributed by atoms with Crippen molar-refractivity contribution in [1.82, 2.24) is 24.3 Å². The number of hydrogen-bond acceptors (Lipinski definition) is 3. The Morgan fingerprint density at radius 3 is 2.81 bits per heavy atom. The summed E-state index contributed by atoms with van der Waals surface area (Å²) in [5, 5.41) is 7.93. The van der Waals surface area contributed by atoms with Crippen LogP contribution in [0.3, 0.4) is 0 Å². The molecule has 2 aromatic heterocycles. The summed E-state index contributed by atoms with van der Waals surface area (Å²) in [4.78, 5) is 4.53. The lowest BCUT2D eigenvalue weighted by Crippen LogP contribution is -2.09. The summed E-state index contributed by atoms with van der Waals surface area (Å²) in [7, 11) is 1.90. The van der Waals surface area contributed by atoms with E-state index in [2.05, 4.69) is 15.2 Å². The molecule has 0 unspecified atom stereocenters. The smallest absolute Gasteiger partial charge is 0.134 e. The van der Waals surface area contributed by atoms with Gasteiger partial charge in [0.1, 0.15) is 23.8 Å². The molecule has 0 saturated heterocycles. The number of aromatic nitrogens is 5. The average molecular weight is 308 g/mol. The number of fused-ring (bicyclic) bond motifs is 1. The molecule has 0 atom stereocenters. The lowest BCUT2D eigenvalue weighted by molar-refractivity contribution is 0.621. The van der Waals surface area contributed by atoms with Crippen LogP contribution < -0.4 is 0 Å². The van der Waals surface area contributed by atoms with Gasteiger partial charge in [-0.15, -0.1) is 21.8 Å². The maximum Gasteiger partial charge on any atom is 0.134 e. The molecule has 0 aliphatic heterocycles. The van der Waals surface area contributed by atoms with Crippen LogP contribution in [0.1, 0.15) is 11.6 Å². The van der Waals surface area contributed by atoms with Gasteiger partial charge in [0.25, 0.3) is 0 Å². The Hall–Kier alpha value is -1.95. The van der Waals surface area contributed by atoms with Gasteiger partial charge < -0.3 is 9.13 Å². The van der Waals surface area contributed by atoms with Crippen LogP contribution in [0.25, 0.3) is 11.0 Å². The molecule has 0 aliphatic carbocycles. The second-order valence-corrected chi connectivity index (χ2v) is 5.24. The van der Waals surface area contributed by atoms with Gasteiger partial charge >= 0.3 is 0 Å². The summed E-state index contributed by atoms with van der Waals surface area (Å²) in [6, 6.07) is 4.63. The summed E-state index contributed by atoms with van der Waals surface area (Å²) in [5.41, 5.74) is 1.58. The largest absolute Gasteiger partial charge is 0.327 e.